The van der Waals surface area contributed by atoms with E-state index in [0.29, 0.717) is 5.88 Å². The zero-order chi connectivity index (χ0) is 9.10. The van der Waals surface area contributed by atoms with Crippen LogP contribution < -0.4 is 4.90 Å². The highest BCUT2D eigenvalue weighted by Crippen LogP contribution is 2.16. The second kappa shape index (κ2) is 3.92. The third-order valence-corrected chi connectivity index (χ3v) is 2.53. The molecule has 0 bridgehead atoms. The highest BCUT2D eigenvalue weighted by molar-refractivity contribution is 6.16. The molecule has 0 spiro atoms. The van der Waals surface area contributed by atoms with E-state index in [9.17, 15) is 0 Å². The standard InChI is InChI=1S/C9H12ClN3/c10-5-8-6-12-9(7-11-8)13-3-1-2-4-13/h6-7H,1-5H2. The molecule has 1 fully saturated rings. The minimum absolute atomic E-state index is 0.438. The van der Waals surface area contributed by atoms with Crippen molar-refractivity contribution in [1.82, 2.24) is 9.97 Å². The van der Waals surface area contributed by atoms with Gasteiger partial charge in [-0.05, 0) is 12.8 Å². The maximum atomic E-state index is 5.62. The van der Waals surface area contributed by atoms with Gasteiger partial charge in [-0.15, -0.1) is 11.6 Å². The lowest BCUT2D eigenvalue weighted by atomic mass is 10.4. The van der Waals surface area contributed by atoms with Crippen molar-refractivity contribution in [3.63, 3.8) is 0 Å². The first-order valence-corrected chi connectivity index (χ1v) is 5.05. The van der Waals surface area contributed by atoms with Crippen LogP contribution in [0.2, 0.25) is 0 Å². The molecule has 3 nitrogen and oxygen atoms in total. The summed E-state index contributed by atoms with van der Waals surface area (Å²) < 4.78 is 0. The zero-order valence-electron chi connectivity index (χ0n) is 7.41. The van der Waals surface area contributed by atoms with Gasteiger partial charge in [0.15, 0.2) is 0 Å². The lowest BCUT2D eigenvalue weighted by Crippen LogP contribution is -2.19. The van der Waals surface area contributed by atoms with Crippen molar-refractivity contribution in [3.05, 3.63) is 18.1 Å². The summed E-state index contributed by atoms with van der Waals surface area (Å²) in [5.41, 5.74) is 0.838. The molecule has 2 heterocycles. The fourth-order valence-corrected chi connectivity index (χ4v) is 1.66. The van der Waals surface area contributed by atoms with Gasteiger partial charge in [0, 0.05) is 13.1 Å². The number of halogens is 1. The molecule has 0 N–H and O–H groups in total. The first-order chi connectivity index (χ1) is 6.40. The van der Waals surface area contributed by atoms with Crippen molar-refractivity contribution in [2.75, 3.05) is 18.0 Å². The van der Waals surface area contributed by atoms with Crippen LogP contribution in [-0.2, 0) is 5.88 Å². The van der Waals surface area contributed by atoms with Crippen molar-refractivity contribution < 1.29 is 0 Å². The van der Waals surface area contributed by atoms with E-state index in [0.717, 1.165) is 24.6 Å². The zero-order valence-corrected chi connectivity index (χ0v) is 8.17. The molecule has 1 aliphatic rings. The summed E-state index contributed by atoms with van der Waals surface area (Å²) in [6.07, 6.45) is 6.08. The van der Waals surface area contributed by atoms with Crippen molar-refractivity contribution in [3.8, 4) is 0 Å². The van der Waals surface area contributed by atoms with E-state index in [4.69, 9.17) is 11.6 Å². The number of aromatic nitrogens is 2. The van der Waals surface area contributed by atoms with Crippen molar-refractivity contribution in [2.24, 2.45) is 0 Å². The maximum Gasteiger partial charge on any atom is 0.147 e. The van der Waals surface area contributed by atoms with Crippen molar-refractivity contribution in [1.29, 1.82) is 0 Å². The average molecular weight is 198 g/mol. The van der Waals surface area contributed by atoms with Gasteiger partial charge in [0.1, 0.15) is 5.82 Å². The Balaban J connectivity index is 2.12. The predicted octanol–water partition coefficient (Wildman–Crippen LogP) is 1.82. The van der Waals surface area contributed by atoms with Gasteiger partial charge in [-0.2, -0.15) is 0 Å². The minimum atomic E-state index is 0.438. The Morgan fingerprint density at radius 2 is 2.00 bits per heavy atom. The van der Waals surface area contributed by atoms with E-state index in [-0.39, 0.29) is 0 Å². The maximum absolute atomic E-state index is 5.62. The number of hydrogen-bond acceptors (Lipinski definition) is 3. The second-order valence-corrected chi connectivity index (χ2v) is 3.46. The van der Waals surface area contributed by atoms with Crippen LogP contribution >= 0.6 is 11.6 Å². The Kier molecular flexibility index (Phi) is 2.64. The summed E-state index contributed by atoms with van der Waals surface area (Å²) >= 11 is 5.62. The first kappa shape index (κ1) is 8.75. The van der Waals surface area contributed by atoms with E-state index in [1.165, 1.54) is 12.8 Å². The SMILES string of the molecule is ClCc1cnc(N2CCCC2)cn1. The summed E-state index contributed by atoms with van der Waals surface area (Å²) in [7, 11) is 0. The van der Waals surface area contributed by atoms with Crippen LogP contribution in [0, 0.1) is 0 Å². The Morgan fingerprint density at radius 1 is 1.23 bits per heavy atom. The number of nitrogens with zero attached hydrogens (tertiary/aromatic N) is 3. The average Bonchev–Trinajstić information content (AvgIpc) is 2.71. The summed E-state index contributed by atoms with van der Waals surface area (Å²) in [5.74, 6) is 1.42. The minimum Gasteiger partial charge on any atom is -0.355 e. The molecule has 4 heteroatoms. The molecule has 0 aliphatic carbocycles. The lowest BCUT2D eigenvalue weighted by molar-refractivity contribution is 0.918. The monoisotopic (exact) mass is 197 g/mol. The molecule has 0 amide bonds. The van der Waals surface area contributed by atoms with Crippen LogP contribution in [0.15, 0.2) is 12.4 Å². The lowest BCUT2D eigenvalue weighted by Gasteiger charge is -2.15. The van der Waals surface area contributed by atoms with Crippen LogP contribution in [0.5, 0.6) is 0 Å². The normalized spacial score (nSPS) is 16.5. The number of anilines is 1. The molecule has 0 atom stereocenters. The summed E-state index contributed by atoms with van der Waals surface area (Å²) in [6.45, 7) is 2.21. The first-order valence-electron chi connectivity index (χ1n) is 4.52. The molecule has 70 valence electrons. The van der Waals surface area contributed by atoms with Crippen molar-refractivity contribution in [2.45, 2.75) is 18.7 Å². The molecule has 1 aromatic heterocycles. The third kappa shape index (κ3) is 1.91. The van der Waals surface area contributed by atoms with Crippen molar-refractivity contribution >= 4 is 17.4 Å². The molecule has 1 aromatic rings. The Labute approximate surface area is 82.8 Å². The van der Waals surface area contributed by atoms with Gasteiger partial charge in [-0.3, -0.25) is 4.98 Å². The van der Waals surface area contributed by atoms with E-state index >= 15 is 0 Å². The molecule has 1 saturated heterocycles. The molecule has 0 saturated carbocycles. The van der Waals surface area contributed by atoms with Gasteiger partial charge in [-0.25, -0.2) is 4.98 Å². The molecule has 13 heavy (non-hydrogen) atoms. The van der Waals surface area contributed by atoms with Gasteiger partial charge >= 0.3 is 0 Å². The molecular weight excluding hydrogens is 186 g/mol. The van der Waals surface area contributed by atoms with E-state index in [1.807, 2.05) is 6.20 Å². The predicted molar refractivity (Wildman–Crippen MR) is 53.0 cm³/mol. The smallest absolute Gasteiger partial charge is 0.147 e. The van der Waals surface area contributed by atoms with Gasteiger partial charge < -0.3 is 4.90 Å². The van der Waals surface area contributed by atoms with E-state index < -0.39 is 0 Å². The quantitative estimate of drug-likeness (QED) is 0.678. The number of alkyl halides is 1. The van der Waals surface area contributed by atoms with Crippen LogP contribution in [0.25, 0.3) is 0 Å². The van der Waals surface area contributed by atoms with Crippen LogP contribution in [-0.4, -0.2) is 23.1 Å². The fraction of sp³-hybridized carbons (Fsp3) is 0.556. The number of rotatable bonds is 2. The second-order valence-electron chi connectivity index (χ2n) is 3.19. The Hall–Kier alpha value is -0.830. The topological polar surface area (TPSA) is 29.0 Å². The Morgan fingerprint density at radius 3 is 2.54 bits per heavy atom. The van der Waals surface area contributed by atoms with Crippen LogP contribution in [0.1, 0.15) is 18.5 Å². The van der Waals surface area contributed by atoms with E-state index in [2.05, 4.69) is 14.9 Å². The summed E-state index contributed by atoms with van der Waals surface area (Å²) in [4.78, 5) is 10.8. The molecular formula is C9H12ClN3. The summed E-state index contributed by atoms with van der Waals surface area (Å²) in [6, 6.07) is 0. The van der Waals surface area contributed by atoms with Crippen LogP contribution in [0.4, 0.5) is 5.82 Å². The fourth-order valence-electron chi connectivity index (χ4n) is 1.53. The highest BCUT2D eigenvalue weighted by Gasteiger charge is 2.13. The third-order valence-electron chi connectivity index (χ3n) is 2.26. The van der Waals surface area contributed by atoms with Gasteiger partial charge in [0.2, 0.25) is 0 Å². The molecule has 1 aliphatic heterocycles. The van der Waals surface area contributed by atoms with Crippen LogP contribution in [0.3, 0.4) is 0 Å². The molecule has 0 unspecified atom stereocenters. The molecule has 2 rings (SSSR count). The van der Waals surface area contributed by atoms with Gasteiger partial charge in [0.25, 0.3) is 0 Å². The van der Waals surface area contributed by atoms with Gasteiger partial charge in [-0.1, -0.05) is 0 Å². The molecule has 0 radical (unpaired) electrons. The largest absolute Gasteiger partial charge is 0.355 e. The van der Waals surface area contributed by atoms with E-state index in [1.54, 1.807) is 6.20 Å². The van der Waals surface area contributed by atoms with Gasteiger partial charge in [0.05, 0.1) is 24.0 Å². The Bertz CT molecular complexity index is 267. The number of hydrogen-bond donors (Lipinski definition) is 0. The summed E-state index contributed by atoms with van der Waals surface area (Å²) in [5, 5.41) is 0. The highest BCUT2D eigenvalue weighted by atomic mass is 35.5. The molecule has 0 aromatic carbocycles.